The van der Waals surface area contributed by atoms with Crippen molar-refractivity contribution in [2.45, 2.75) is 39.2 Å². The van der Waals surface area contributed by atoms with E-state index in [-0.39, 0.29) is 5.91 Å². The lowest BCUT2D eigenvalue weighted by molar-refractivity contribution is 0.0984. The molecule has 0 unspecified atom stereocenters. The van der Waals surface area contributed by atoms with E-state index in [2.05, 4.69) is 22.3 Å². The Morgan fingerprint density at radius 2 is 1.76 bits per heavy atom. The molecule has 1 aliphatic rings. The summed E-state index contributed by atoms with van der Waals surface area (Å²) in [7, 11) is 0. The minimum absolute atomic E-state index is 0.251. The third-order valence-corrected chi connectivity index (χ3v) is 5.45. The van der Waals surface area contributed by atoms with Gasteiger partial charge in [0.15, 0.2) is 5.76 Å². The molecule has 1 aliphatic heterocycles. The molecule has 5 heteroatoms. The van der Waals surface area contributed by atoms with Crippen LogP contribution >= 0.6 is 0 Å². The number of rotatable bonds is 6. The quantitative estimate of drug-likeness (QED) is 0.593. The fourth-order valence-electron chi connectivity index (χ4n) is 3.90. The molecule has 0 atom stereocenters. The van der Waals surface area contributed by atoms with E-state index in [1.807, 2.05) is 43.3 Å². The van der Waals surface area contributed by atoms with Gasteiger partial charge in [0.1, 0.15) is 5.58 Å². The van der Waals surface area contributed by atoms with Gasteiger partial charge in [0.25, 0.3) is 5.91 Å². The van der Waals surface area contributed by atoms with Crippen LogP contribution in [0, 0.1) is 0 Å². The average Bonchev–Trinajstić information content (AvgIpc) is 2.91. The number of carbonyl (C=O) groups excluding carboxylic acids is 1. The molecule has 1 fully saturated rings. The van der Waals surface area contributed by atoms with Crippen molar-refractivity contribution in [3.63, 3.8) is 0 Å². The summed E-state index contributed by atoms with van der Waals surface area (Å²) in [5, 5.41) is 3.89. The minimum atomic E-state index is -0.251. The Morgan fingerprint density at radius 1 is 1.03 bits per heavy atom. The molecule has 0 spiro atoms. The molecular formula is C24H28N2O3. The highest BCUT2D eigenvalue weighted by atomic mass is 16.5. The number of amides is 1. The summed E-state index contributed by atoms with van der Waals surface area (Å²) in [6, 6.07) is 15.8. The summed E-state index contributed by atoms with van der Waals surface area (Å²) in [4.78, 5) is 15.4. The van der Waals surface area contributed by atoms with Crippen molar-refractivity contribution >= 4 is 28.3 Å². The van der Waals surface area contributed by atoms with Crippen LogP contribution in [0.15, 0.2) is 52.9 Å². The summed E-state index contributed by atoms with van der Waals surface area (Å²) in [6.07, 6.45) is 5.11. The Balaban J connectivity index is 1.51. The van der Waals surface area contributed by atoms with Crippen LogP contribution in [0.4, 0.5) is 11.4 Å². The van der Waals surface area contributed by atoms with E-state index in [1.54, 1.807) is 0 Å². The van der Waals surface area contributed by atoms with Crippen LogP contribution in [-0.4, -0.2) is 25.6 Å². The molecule has 0 radical (unpaired) electrons. The zero-order valence-electron chi connectivity index (χ0n) is 16.9. The normalized spacial score (nSPS) is 14.7. The maximum Gasteiger partial charge on any atom is 0.291 e. The second kappa shape index (κ2) is 9.14. The first kappa shape index (κ1) is 19.5. The second-order valence-corrected chi connectivity index (χ2v) is 7.45. The number of para-hydroxylation sites is 1. The minimum Gasteiger partial charge on any atom is -0.451 e. The van der Waals surface area contributed by atoms with Crippen molar-refractivity contribution in [2.75, 3.05) is 29.9 Å². The van der Waals surface area contributed by atoms with E-state index in [9.17, 15) is 4.79 Å². The Morgan fingerprint density at radius 3 is 2.48 bits per heavy atom. The largest absolute Gasteiger partial charge is 0.451 e. The smallest absolute Gasteiger partial charge is 0.291 e. The Labute approximate surface area is 171 Å². The lowest BCUT2D eigenvalue weighted by Gasteiger charge is -2.22. The number of nitrogens with zero attached hydrogens (tertiary/aromatic N) is 1. The third kappa shape index (κ3) is 4.46. The summed E-state index contributed by atoms with van der Waals surface area (Å²) < 4.78 is 11.4. The monoisotopic (exact) mass is 392 g/mol. The van der Waals surface area contributed by atoms with E-state index in [0.717, 1.165) is 29.7 Å². The van der Waals surface area contributed by atoms with Crippen LogP contribution < -0.4 is 10.2 Å². The lowest BCUT2D eigenvalue weighted by atomic mass is 10.1. The number of hydrogen-bond acceptors (Lipinski definition) is 4. The van der Waals surface area contributed by atoms with Gasteiger partial charge in [0.05, 0.1) is 6.61 Å². The van der Waals surface area contributed by atoms with Gasteiger partial charge in [-0.25, -0.2) is 0 Å². The number of anilines is 2. The number of carbonyl (C=O) groups is 1. The van der Waals surface area contributed by atoms with Crippen molar-refractivity contribution in [1.29, 1.82) is 0 Å². The van der Waals surface area contributed by atoms with Gasteiger partial charge in [-0.1, -0.05) is 31.0 Å². The van der Waals surface area contributed by atoms with Gasteiger partial charge < -0.3 is 19.4 Å². The van der Waals surface area contributed by atoms with Gasteiger partial charge in [-0.3, -0.25) is 4.79 Å². The summed E-state index contributed by atoms with van der Waals surface area (Å²) in [6.45, 7) is 5.08. The Kier molecular flexibility index (Phi) is 6.15. The fraction of sp³-hybridized carbons (Fsp3) is 0.375. The van der Waals surface area contributed by atoms with E-state index in [0.29, 0.717) is 24.6 Å². The molecule has 4 rings (SSSR count). The van der Waals surface area contributed by atoms with Crippen LogP contribution in [0.5, 0.6) is 0 Å². The Bertz CT molecular complexity index is 954. The zero-order chi connectivity index (χ0) is 20.1. The lowest BCUT2D eigenvalue weighted by Crippen LogP contribution is -2.23. The maximum absolute atomic E-state index is 12.9. The van der Waals surface area contributed by atoms with Gasteiger partial charge in [-0.2, -0.15) is 0 Å². The standard InChI is InChI=1S/C24H28N2O3/c1-2-28-17-21-20-9-5-6-10-22(20)29-23(21)24(27)25-18-11-13-19(14-12-18)26-15-7-3-4-8-16-26/h5-6,9-14H,2-4,7-8,15-17H2,1H3,(H,25,27). The highest BCUT2D eigenvalue weighted by Gasteiger charge is 2.21. The molecule has 3 aromatic rings. The van der Waals surface area contributed by atoms with Gasteiger partial charge in [0, 0.05) is 42.0 Å². The van der Waals surface area contributed by atoms with Crippen molar-refractivity contribution in [3.8, 4) is 0 Å². The molecule has 2 heterocycles. The summed E-state index contributed by atoms with van der Waals surface area (Å²) in [5.74, 6) is 0.0645. The zero-order valence-corrected chi connectivity index (χ0v) is 16.9. The first-order valence-electron chi connectivity index (χ1n) is 10.5. The molecule has 2 aromatic carbocycles. The van der Waals surface area contributed by atoms with Crippen LogP contribution in [0.25, 0.3) is 11.0 Å². The predicted octanol–water partition coefficient (Wildman–Crippen LogP) is 5.60. The molecule has 1 N–H and O–H groups in total. The molecule has 1 aromatic heterocycles. The number of hydrogen-bond donors (Lipinski definition) is 1. The molecular weight excluding hydrogens is 364 g/mol. The van der Waals surface area contributed by atoms with E-state index < -0.39 is 0 Å². The molecule has 0 saturated carbocycles. The molecule has 1 saturated heterocycles. The number of furan rings is 1. The van der Waals surface area contributed by atoms with Crippen molar-refractivity contribution in [1.82, 2.24) is 0 Å². The van der Waals surface area contributed by atoms with Crippen LogP contribution in [0.3, 0.4) is 0 Å². The van der Waals surface area contributed by atoms with Crippen LogP contribution in [0.1, 0.15) is 48.7 Å². The molecule has 5 nitrogen and oxygen atoms in total. The highest BCUT2D eigenvalue weighted by molar-refractivity contribution is 6.06. The number of fused-ring (bicyclic) bond motifs is 1. The van der Waals surface area contributed by atoms with Crippen molar-refractivity contribution in [2.24, 2.45) is 0 Å². The molecule has 152 valence electrons. The molecule has 29 heavy (non-hydrogen) atoms. The van der Waals surface area contributed by atoms with Crippen LogP contribution in [0.2, 0.25) is 0 Å². The second-order valence-electron chi connectivity index (χ2n) is 7.45. The van der Waals surface area contributed by atoms with E-state index in [1.165, 1.54) is 31.4 Å². The van der Waals surface area contributed by atoms with Crippen molar-refractivity contribution in [3.05, 3.63) is 59.9 Å². The van der Waals surface area contributed by atoms with Gasteiger partial charge in [-0.05, 0) is 50.1 Å². The Hall–Kier alpha value is -2.79. The van der Waals surface area contributed by atoms with Crippen LogP contribution in [-0.2, 0) is 11.3 Å². The number of benzene rings is 2. The van der Waals surface area contributed by atoms with E-state index in [4.69, 9.17) is 9.15 Å². The number of ether oxygens (including phenoxy) is 1. The third-order valence-electron chi connectivity index (χ3n) is 5.45. The van der Waals surface area contributed by atoms with E-state index >= 15 is 0 Å². The maximum atomic E-state index is 12.9. The summed E-state index contributed by atoms with van der Waals surface area (Å²) >= 11 is 0. The molecule has 1 amide bonds. The first-order chi connectivity index (χ1) is 14.3. The van der Waals surface area contributed by atoms with Gasteiger partial charge in [0.2, 0.25) is 0 Å². The summed E-state index contributed by atoms with van der Waals surface area (Å²) in [5.41, 5.74) is 3.46. The first-order valence-corrected chi connectivity index (χ1v) is 10.5. The molecule has 0 bridgehead atoms. The predicted molar refractivity (Wildman–Crippen MR) is 117 cm³/mol. The SMILES string of the molecule is CCOCc1c(C(=O)Nc2ccc(N3CCCCCC3)cc2)oc2ccccc12. The number of nitrogens with one attached hydrogen (secondary N) is 1. The van der Waals surface area contributed by atoms with Gasteiger partial charge >= 0.3 is 0 Å². The van der Waals surface area contributed by atoms with Gasteiger partial charge in [-0.15, -0.1) is 0 Å². The fourth-order valence-corrected chi connectivity index (χ4v) is 3.90. The topological polar surface area (TPSA) is 54.7 Å². The van der Waals surface area contributed by atoms with Crippen molar-refractivity contribution < 1.29 is 13.9 Å². The molecule has 0 aliphatic carbocycles. The average molecular weight is 392 g/mol. The highest BCUT2D eigenvalue weighted by Crippen LogP contribution is 2.28.